The zero-order chi connectivity index (χ0) is 21.6. The highest BCUT2D eigenvalue weighted by atomic mass is 32.2. The first-order valence-corrected chi connectivity index (χ1v) is 10.8. The van der Waals surface area contributed by atoms with Crippen molar-refractivity contribution in [3.63, 3.8) is 0 Å². The molecule has 0 bridgehead atoms. The number of pyridine rings is 1. The Morgan fingerprint density at radius 1 is 0.967 bits per heavy atom. The smallest absolute Gasteiger partial charge is 0.261 e. The summed E-state index contributed by atoms with van der Waals surface area (Å²) in [7, 11) is -3.74. The van der Waals surface area contributed by atoms with Crippen LogP contribution in [0.1, 0.15) is 21.5 Å². The summed E-state index contributed by atoms with van der Waals surface area (Å²) in [5.41, 5.74) is 3.00. The van der Waals surface area contributed by atoms with Crippen molar-refractivity contribution in [2.45, 2.75) is 18.7 Å². The third kappa shape index (κ3) is 5.81. The summed E-state index contributed by atoms with van der Waals surface area (Å²) < 4.78 is 33.0. The van der Waals surface area contributed by atoms with Gasteiger partial charge in [-0.2, -0.15) is 0 Å². The molecule has 3 aromatic rings. The fourth-order valence-electron chi connectivity index (χ4n) is 2.87. The number of ether oxygens (including phenoxy) is 1. The third-order valence-corrected chi connectivity index (χ3v) is 5.61. The summed E-state index contributed by atoms with van der Waals surface area (Å²) in [5, 5.41) is 2.76. The summed E-state index contributed by atoms with van der Waals surface area (Å²) >= 11 is 0. The molecule has 2 N–H and O–H groups in total. The van der Waals surface area contributed by atoms with E-state index in [1.54, 1.807) is 12.1 Å². The number of amides is 1. The predicted octanol–water partition coefficient (Wildman–Crippen LogP) is 3.31. The van der Waals surface area contributed by atoms with Crippen LogP contribution in [0, 0.1) is 13.8 Å². The predicted molar refractivity (Wildman–Crippen MR) is 115 cm³/mol. The molecule has 0 saturated carbocycles. The van der Waals surface area contributed by atoms with E-state index >= 15 is 0 Å². The minimum Gasteiger partial charge on any atom is -0.492 e. The van der Waals surface area contributed by atoms with Crippen molar-refractivity contribution in [3.05, 3.63) is 83.7 Å². The number of carbonyl (C=O) groups is 1. The summed E-state index contributed by atoms with van der Waals surface area (Å²) in [6.45, 7) is 4.66. The molecule has 0 aliphatic rings. The summed E-state index contributed by atoms with van der Waals surface area (Å²) in [4.78, 5) is 16.2. The van der Waals surface area contributed by atoms with Crippen molar-refractivity contribution < 1.29 is 17.9 Å². The van der Waals surface area contributed by atoms with Crippen molar-refractivity contribution in [1.29, 1.82) is 0 Å². The molecule has 156 valence electrons. The second-order valence-corrected chi connectivity index (χ2v) is 8.48. The molecule has 0 aliphatic carbocycles. The zero-order valence-electron chi connectivity index (χ0n) is 16.8. The molecule has 0 radical (unpaired) electrons. The van der Waals surface area contributed by atoms with Gasteiger partial charge in [-0.3, -0.25) is 14.5 Å². The molecule has 1 aromatic heterocycles. The molecule has 1 heterocycles. The second kappa shape index (κ2) is 9.41. The molecule has 0 saturated heterocycles. The monoisotopic (exact) mass is 425 g/mol. The van der Waals surface area contributed by atoms with E-state index in [2.05, 4.69) is 21.1 Å². The summed E-state index contributed by atoms with van der Waals surface area (Å²) in [5.74, 6) is 0.461. The fraction of sp³-hybridized carbons (Fsp3) is 0.182. The van der Waals surface area contributed by atoms with Crippen molar-refractivity contribution >= 4 is 21.6 Å². The van der Waals surface area contributed by atoms with Gasteiger partial charge in [0.25, 0.3) is 15.9 Å². The number of aryl methyl sites for hydroxylation is 2. The summed E-state index contributed by atoms with van der Waals surface area (Å²) in [6, 6.07) is 14.8. The normalized spacial score (nSPS) is 11.0. The van der Waals surface area contributed by atoms with Crippen molar-refractivity contribution in [3.8, 4) is 5.75 Å². The number of benzene rings is 2. The molecule has 3 rings (SSSR count). The summed E-state index contributed by atoms with van der Waals surface area (Å²) in [6.07, 6.45) is 2.99. The van der Waals surface area contributed by atoms with Crippen LogP contribution in [-0.4, -0.2) is 32.5 Å². The first-order valence-electron chi connectivity index (χ1n) is 9.36. The maximum Gasteiger partial charge on any atom is 0.261 e. The van der Waals surface area contributed by atoms with E-state index in [0.29, 0.717) is 24.4 Å². The van der Waals surface area contributed by atoms with E-state index < -0.39 is 10.0 Å². The fourth-order valence-corrected chi connectivity index (χ4v) is 3.93. The minimum absolute atomic E-state index is 0.0639. The van der Waals surface area contributed by atoms with Gasteiger partial charge in [-0.05, 0) is 73.5 Å². The van der Waals surface area contributed by atoms with E-state index in [9.17, 15) is 13.2 Å². The Kier molecular flexibility index (Phi) is 6.68. The van der Waals surface area contributed by atoms with E-state index in [-0.39, 0.29) is 10.8 Å². The molecule has 30 heavy (non-hydrogen) atoms. The topological polar surface area (TPSA) is 97.4 Å². The van der Waals surface area contributed by atoms with Crippen LogP contribution in [0.15, 0.2) is 71.9 Å². The van der Waals surface area contributed by atoms with Crippen LogP contribution >= 0.6 is 0 Å². The number of hydrogen-bond donors (Lipinski definition) is 2. The van der Waals surface area contributed by atoms with E-state index in [1.807, 2.05) is 26.0 Å². The molecule has 8 heteroatoms. The quantitative estimate of drug-likeness (QED) is 0.540. The average Bonchev–Trinajstić information content (AvgIpc) is 2.71. The third-order valence-electron chi connectivity index (χ3n) is 4.21. The first-order chi connectivity index (χ1) is 14.3. The number of nitrogens with zero attached hydrogens (tertiary/aromatic N) is 1. The van der Waals surface area contributed by atoms with Gasteiger partial charge >= 0.3 is 0 Å². The van der Waals surface area contributed by atoms with Gasteiger partial charge in [-0.25, -0.2) is 8.42 Å². The van der Waals surface area contributed by atoms with Gasteiger partial charge in [-0.15, -0.1) is 0 Å². The van der Waals surface area contributed by atoms with Crippen molar-refractivity contribution in [2.24, 2.45) is 0 Å². The zero-order valence-corrected chi connectivity index (χ0v) is 17.6. The highest BCUT2D eigenvalue weighted by Gasteiger charge is 2.15. The molecule has 0 aliphatic heterocycles. The van der Waals surface area contributed by atoms with Gasteiger partial charge in [0.15, 0.2) is 0 Å². The molecular formula is C22H23N3O4S. The Hall–Kier alpha value is -3.39. The average molecular weight is 426 g/mol. The van der Waals surface area contributed by atoms with Crippen LogP contribution in [0.5, 0.6) is 5.75 Å². The molecule has 2 aromatic carbocycles. The lowest BCUT2D eigenvalue weighted by Gasteiger charge is -2.10. The van der Waals surface area contributed by atoms with Crippen LogP contribution in [0.25, 0.3) is 0 Å². The lowest BCUT2D eigenvalue weighted by atomic mass is 10.1. The molecule has 0 fully saturated rings. The van der Waals surface area contributed by atoms with Crippen LogP contribution in [0.4, 0.5) is 5.69 Å². The Bertz CT molecular complexity index is 1090. The lowest BCUT2D eigenvalue weighted by molar-refractivity contribution is 0.0947. The van der Waals surface area contributed by atoms with E-state index in [0.717, 1.165) is 16.9 Å². The SMILES string of the molecule is Cc1cc(C)cc(OCCNC(=O)c2ccc(S(=O)(=O)Nc3ccncc3)cc2)c1. The van der Waals surface area contributed by atoms with Gasteiger partial charge in [0, 0.05) is 18.0 Å². The van der Waals surface area contributed by atoms with Gasteiger partial charge < -0.3 is 10.1 Å². The number of sulfonamides is 1. The molecule has 7 nitrogen and oxygen atoms in total. The Balaban J connectivity index is 1.53. The molecular weight excluding hydrogens is 402 g/mol. The largest absolute Gasteiger partial charge is 0.492 e. The molecule has 0 atom stereocenters. The van der Waals surface area contributed by atoms with E-state index in [4.69, 9.17) is 4.74 Å². The number of hydrogen-bond acceptors (Lipinski definition) is 5. The Labute approximate surface area is 176 Å². The van der Waals surface area contributed by atoms with Crippen LogP contribution in [0.3, 0.4) is 0 Å². The van der Waals surface area contributed by atoms with Crippen LogP contribution < -0.4 is 14.8 Å². The molecule has 1 amide bonds. The van der Waals surface area contributed by atoms with Gasteiger partial charge in [-0.1, -0.05) is 6.07 Å². The van der Waals surface area contributed by atoms with Crippen LogP contribution in [-0.2, 0) is 10.0 Å². The first kappa shape index (κ1) is 21.3. The number of aromatic nitrogens is 1. The molecule has 0 spiro atoms. The van der Waals surface area contributed by atoms with Crippen molar-refractivity contribution in [2.75, 3.05) is 17.9 Å². The van der Waals surface area contributed by atoms with Gasteiger partial charge in [0.1, 0.15) is 12.4 Å². The second-order valence-electron chi connectivity index (χ2n) is 6.79. The number of rotatable bonds is 8. The lowest BCUT2D eigenvalue weighted by Crippen LogP contribution is -2.28. The maximum absolute atomic E-state index is 12.4. The van der Waals surface area contributed by atoms with Crippen LogP contribution in [0.2, 0.25) is 0 Å². The van der Waals surface area contributed by atoms with E-state index in [1.165, 1.54) is 36.7 Å². The molecule has 0 unspecified atom stereocenters. The number of anilines is 1. The highest BCUT2D eigenvalue weighted by molar-refractivity contribution is 7.92. The number of nitrogens with one attached hydrogen (secondary N) is 2. The van der Waals surface area contributed by atoms with Crippen molar-refractivity contribution in [1.82, 2.24) is 10.3 Å². The maximum atomic E-state index is 12.4. The Morgan fingerprint density at radius 2 is 1.60 bits per heavy atom. The Morgan fingerprint density at radius 3 is 2.23 bits per heavy atom. The standard InChI is InChI=1S/C22H23N3O4S/c1-16-13-17(2)15-20(14-16)29-12-11-24-22(26)18-3-5-21(6-4-18)30(27,28)25-19-7-9-23-10-8-19/h3-10,13-15H,11-12H2,1-2H3,(H,23,25)(H,24,26). The number of carbonyl (C=O) groups excluding carboxylic acids is 1. The minimum atomic E-state index is -3.74. The van der Waals surface area contributed by atoms with Gasteiger partial charge in [0.05, 0.1) is 17.1 Å². The van der Waals surface area contributed by atoms with Gasteiger partial charge in [0.2, 0.25) is 0 Å². The highest BCUT2D eigenvalue weighted by Crippen LogP contribution is 2.17.